The molecule has 0 fully saturated rings. The van der Waals surface area contributed by atoms with E-state index in [-0.39, 0.29) is 13.2 Å². The molecule has 0 aromatic carbocycles. The summed E-state index contributed by atoms with van der Waals surface area (Å²) in [6.07, 6.45) is -0.597. The Morgan fingerprint density at radius 2 is 2.00 bits per heavy atom. The number of carbonyl (C=O) groups excluding carboxylic acids is 2. The second-order valence-electron chi connectivity index (χ2n) is 2.39. The number of carboxylic acid groups (broad SMARTS) is 1. The van der Waals surface area contributed by atoms with Gasteiger partial charge in [-0.1, -0.05) is 0 Å². The Labute approximate surface area is 80.4 Å². The highest BCUT2D eigenvalue weighted by Gasteiger charge is 2.05. The molecule has 7 nitrogen and oxygen atoms in total. The molecule has 80 valence electrons. The Morgan fingerprint density at radius 3 is 2.50 bits per heavy atom. The van der Waals surface area contributed by atoms with Crippen molar-refractivity contribution in [2.24, 2.45) is 0 Å². The van der Waals surface area contributed by atoms with Crippen LogP contribution in [0.4, 0.5) is 0 Å². The van der Waals surface area contributed by atoms with Crippen LogP contribution in [0.25, 0.3) is 0 Å². The highest BCUT2D eigenvalue weighted by atomic mass is 16.5. The minimum absolute atomic E-state index is 0.114. The maximum atomic E-state index is 10.7. The van der Waals surface area contributed by atoms with Gasteiger partial charge in [-0.05, 0) is 0 Å². The zero-order valence-corrected chi connectivity index (χ0v) is 7.70. The van der Waals surface area contributed by atoms with Crippen LogP contribution >= 0.6 is 0 Å². The topological polar surface area (TPSA) is 105 Å². The highest BCUT2D eigenvalue weighted by Crippen LogP contribution is 1.77. The van der Waals surface area contributed by atoms with Crippen molar-refractivity contribution in [1.82, 2.24) is 10.9 Å². The lowest BCUT2D eigenvalue weighted by Gasteiger charge is -2.05. The molecular formula is C7H12N2O5. The molecule has 0 saturated heterocycles. The minimum atomic E-state index is -1.20. The Kier molecular flexibility index (Phi) is 6.04. The number of esters is 1. The van der Waals surface area contributed by atoms with E-state index in [4.69, 9.17) is 5.11 Å². The molecule has 0 rings (SSSR count). The van der Waals surface area contributed by atoms with Gasteiger partial charge in [0.1, 0.15) is 13.0 Å². The first kappa shape index (κ1) is 12.4. The first-order valence-electron chi connectivity index (χ1n) is 3.89. The lowest BCUT2D eigenvalue weighted by molar-refractivity contribution is -0.141. The normalized spacial score (nSPS) is 9.21. The summed E-state index contributed by atoms with van der Waals surface area (Å²) in [6.45, 7) is 1.61. The smallest absolute Gasteiger partial charge is 0.312 e. The molecule has 0 aliphatic rings. The third-order valence-electron chi connectivity index (χ3n) is 1.07. The molecule has 3 N–H and O–H groups in total. The molecule has 1 amide bonds. The van der Waals surface area contributed by atoms with E-state index in [9.17, 15) is 14.4 Å². The molecule has 14 heavy (non-hydrogen) atoms. The number of carbonyl (C=O) groups is 3. The third kappa shape index (κ3) is 8.47. The number of nitrogens with one attached hydrogen (secondary N) is 2. The molecule has 0 atom stereocenters. The van der Waals surface area contributed by atoms with Crippen LogP contribution in [-0.2, 0) is 19.1 Å². The van der Waals surface area contributed by atoms with Crippen LogP contribution < -0.4 is 10.9 Å². The van der Waals surface area contributed by atoms with Crippen molar-refractivity contribution in [1.29, 1.82) is 0 Å². The number of hydrazine groups is 1. The molecule has 0 radical (unpaired) electrons. The summed E-state index contributed by atoms with van der Waals surface area (Å²) >= 11 is 0. The van der Waals surface area contributed by atoms with Crippen LogP contribution in [0, 0.1) is 0 Å². The molecule has 0 heterocycles. The molecule has 0 bridgehead atoms. The molecule has 0 saturated carbocycles. The second kappa shape index (κ2) is 6.84. The van der Waals surface area contributed by atoms with E-state index in [2.05, 4.69) is 15.6 Å². The van der Waals surface area contributed by atoms with Crippen LogP contribution in [0.3, 0.4) is 0 Å². The Hall–Kier alpha value is -1.63. The molecule has 0 aromatic heterocycles. The zero-order valence-electron chi connectivity index (χ0n) is 7.70. The summed E-state index contributed by atoms with van der Waals surface area (Å²) in [7, 11) is 0. The van der Waals surface area contributed by atoms with Gasteiger partial charge >= 0.3 is 11.9 Å². The first-order valence-corrected chi connectivity index (χ1v) is 3.89. The SMILES string of the molecule is CC(=O)OCCNNC(=O)CC(=O)O. The van der Waals surface area contributed by atoms with E-state index in [1.54, 1.807) is 0 Å². The highest BCUT2D eigenvalue weighted by molar-refractivity contribution is 5.93. The molecule has 0 aromatic rings. The largest absolute Gasteiger partial charge is 0.481 e. The number of hydrogen-bond acceptors (Lipinski definition) is 5. The van der Waals surface area contributed by atoms with Crippen LogP contribution in [0.2, 0.25) is 0 Å². The van der Waals surface area contributed by atoms with Crippen LogP contribution in [0.15, 0.2) is 0 Å². The van der Waals surface area contributed by atoms with Gasteiger partial charge in [0.2, 0.25) is 5.91 Å². The Morgan fingerprint density at radius 1 is 1.36 bits per heavy atom. The van der Waals surface area contributed by atoms with Gasteiger partial charge in [0, 0.05) is 13.5 Å². The van der Waals surface area contributed by atoms with Crippen molar-refractivity contribution < 1.29 is 24.2 Å². The lowest BCUT2D eigenvalue weighted by Crippen LogP contribution is -2.40. The van der Waals surface area contributed by atoms with Gasteiger partial charge in [0.15, 0.2) is 0 Å². The number of amides is 1. The van der Waals surface area contributed by atoms with E-state index in [0.29, 0.717) is 0 Å². The fourth-order valence-corrected chi connectivity index (χ4v) is 0.588. The number of ether oxygens (including phenoxy) is 1. The number of aliphatic carboxylic acids is 1. The molecule has 0 spiro atoms. The zero-order chi connectivity index (χ0) is 11.0. The average Bonchev–Trinajstić information content (AvgIpc) is 2.01. The predicted octanol–water partition coefficient (Wildman–Crippen LogP) is -1.35. The summed E-state index contributed by atoms with van der Waals surface area (Å²) in [4.78, 5) is 31.0. The van der Waals surface area contributed by atoms with Crippen molar-refractivity contribution in [3.05, 3.63) is 0 Å². The Bertz CT molecular complexity index is 228. The van der Waals surface area contributed by atoms with Crippen LogP contribution in [0.5, 0.6) is 0 Å². The van der Waals surface area contributed by atoms with Gasteiger partial charge in [0.05, 0.1) is 0 Å². The van der Waals surface area contributed by atoms with Gasteiger partial charge in [-0.25, -0.2) is 5.43 Å². The molecule has 0 aliphatic heterocycles. The van der Waals surface area contributed by atoms with E-state index in [0.717, 1.165) is 0 Å². The van der Waals surface area contributed by atoms with Crippen molar-refractivity contribution in [2.75, 3.05) is 13.2 Å². The van der Waals surface area contributed by atoms with Gasteiger partial charge in [-0.3, -0.25) is 19.8 Å². The van der Waals surface area contributed by atoms with E-state index >= 15 is 0 Å². The van der Waals surface area contributed by atoms with Gasteiger partial charge in [-0.15, -0.1) is 0 Å². The summed E-state index contributed by atoms with van der Waals surface area (Å²) in [5.74, 6) is -2.27. The fourth-order valence-electron chi connectivity index (χ4n) is 0.588. The maximum absolute atomic E-state index is 10.7. The number of hydrogen-bond donors (Lipinski definition) is 3. The van der Waals surface area contributed by atoms with E-state index in [1.165, 1.54) is 6.92 Å². The summed E-state index contributed by atoms with van der Waals surface area (Å²) in [5, 5.41) is 8.20. The molecule has 0 unspecified atom stereocenters. The third-order valence-corrected chi connectivity index (χ3v) is 1.07. The molecular weight excluding hydrogens is 192 g/mol. The second-order valence-corrected chi connectivity index (χ2v) is 2.39. The van der Waals surface area contributed by atoms with Crippen molar-refractivity contribution >= 4 is 17.8 Å². The van der Waals surface area contributed by atoms with Gasteiger partial charge < -0.3 is 9.84 Å². The standard InChI is InChI=1S/C7H12N2O5/c1-5(10)14-3-2-8-9-6(11)4-7(12)13/h8H,2-4H2,1H3,(H,9,11)(H,12,13). The summed E-state index contributed by atoms with van der Waals surface area (Å²) in [5.41, 5.74) is 4.53. The van der Waals surface area contributed by atoms with Crippen LogP contribution in [0.1, 0.15) is 13.3 Å². The van der Waals surface area contributed by atoms with Gasteiger partial charge in [0.25, 0.3) is 0 Å². The van der Waals surface area contributed by atoms with Crippen molar-refractivity contribution in [3.8, 4) is 0 Å². The molecule has 7 heteroatoms. The van der Waals surface area contributed by atoms with Gasteiger partial charge in [-0.2, -0.15) is 0 Å². The average molecular weight is 204 g/mol. The number of carboxylic acids is 1. The predicted molar refractivity (Wildman–Crippen MR) is 45.0 cm³/mol. The molecule has 0 aliphatic carbocycles. The Balaban J connectivity index is 3.32. The van der Waals surface area contributed by atoms with Crippen molar-refractivity contribution in [3.63, 3.8) is 0 Å². The van der Waals surface area contributed by atoms with Crippen LogP contribution in [-0.4, -0.2) is 36.1 Å². The van der Waals surface area contributed by atoms with E-state index < -0.39 is 24.3 Å². The maximum Gasteiger partial charge on any atom is 0.312 e. The monoisotopic (exact) mass is 204 g/mol. The number of rotatable bonds is 6. The van der Waals surface area contributed by atoms with E-state index in [1.807, 2.05) is 0 Å². The van der Waals surface area contributed by atoms with Crippen molar-refractivity contribution in [2.45, 2.75) is 13.3 Å². The first-order chi connectivity index (χ1) is 6.52. The summed E-state index contributed by atoms with van der Waals surface area (Å²) < 4.78 is 4.54. The summed E-state index contributed by atoms with van der Waals surface area (Å²) in [6, 6.07) is 0. The fraction of sp³-hybridized carbons (Fsp3) is 0.571. The quantitative estimate of drug-likeness (QED) is 0.214. The lowest BCUT2D eigenvalue weighted by atomic mass is 10.4. The minimum Gasteiger partial charge on any atom is -0.481 e.